The molecule has 8 nitrogen and oxygen atoms in total. The quantitative estimate of drug-likeness (QED) is 0.424. The summed E-state index contributed by atoms with van der Waals surface area (Å²) < 4.78 is 28.9. The van der Waals surface area contributed by atoms with Crippen molar-refractivity contribution >= 4 is 33.2 Å². The van der Waals surface area contributed by atoms with Gasteiger partial charge in [-0.3, -0.25) is 9.59 Å². The van der Waals surface area contributed by atoms with Crippen LogP contribution < -0.4 is 14.9 Å². The van der Waals surface area contributed by atoms with Crippen molar-refractivity contribution in [3.63, 3.8) is 0 Å². The number of benzene rings is 3. The Labute approximate surface area is 230 Å². The lowest BCUT2D eigenvalue weighted by Crippen LogP contribution is -2.53. The number of aryl methyl sites for hydroxylation is 1. The molecule has 1 aliphatic heterocycles. The number of nitrogens with zero attached hydrogens (tertiary/aromatic N) is 2. The number of fused-ring (bicyclic) bond motifs is 1. The first kappa shape index (κ1) is 28.2. The zero-order valence-corrected chi connectivity index (χ0v) is 23.4. The van der Waals surface area contributed by atoms with Crippen LogP contribution in [0.15, 0.2) is 88.8 Å². The number of para-hydroxylation sites is 1. The van der Waals surface area contributed by atoms with E-state index in [1.165, 1.54) is 17.0 Å². The van der Waals surface area contributed by atoms with Crippen LogP contribution in [0.3, 0.4) is 0 Å². The standard InChI is InChI=1S/C30H34N4O4S/c1-5-21-15-17-23(18-16-21)39(37,38)33-25(19-20(2)3)29(35)32-28-30(36)34(4)26-14-10-9-13-24(26)27(31-28)22-11-7-6-8-12-22/h6-18,20,25,28,33H,5,19H2,1-4H3,(H,32,35). The molecular formula is C30H34N4O4S. The number of aliphatic imine (C=N–C) groups is 1. The zero-order valence-electron chi connectivity index (χ0n) is 22.6. The maximum atomic E-state index is 13.6. The van der Waals surface area contributed by atoms with E-state index in [9.17, 15) is 18.0 Å². The Morgan fingerprint density at radius 3 is 2.26 bits per heavy atom. The van der Waals surface area contributed by atoms with Crippen molar-refractivity contribution in [1.82, 2.24) is 10.0 Å². The number of sulfonamides is 1. The number of hydrogen-bond acceptors (Lipinski definition) is 5. The van der Waals surface area contributed by atoms with Gasteiger partial charge in [-0.15, -0.1) is 0 Å². The molecule has 0 radical (unpaired) electrons. The topological polar surface area (TPSA) is 108 Å². The summed E-state index contributed by atoms with van der Waals surface area (Å²) in [5, 5.41) is 2.73. The highest BCUT2D eigenvalue weighted by molar-refractivity contribution is 7.89. The molecule has 1 aliphatic rings. The fourth-order valence-electron chi connectivity index (χ4n) is 4.52. The lowest BCUT2D eigenvalue weighted by Gasteiger charge is -2.24. The lowest BCUT2D eigenvalue weighted by molar-refractivity contribution is -0.128. The number of hydrogen-bond donors (Lipinski definition) is 2. The first-order chi connectivity index (χ1) is 18.6. The van der Waals surface area contributed by atoms with Gasteiger partial charge in [0.15, 0.2) is 0 Å². The Bertz CT molecular complexity index is 1470. The molecule has 204 valence electrons. The number of rotatable bonds is 9. The van der Waals surface area contributed by atoms with Crippen LogP contribution in [0.25, 0.3) is 0 Å². The Balaban J connectivity index is 1.66. The summed E-state index contributed by atoms with van der Waals surface area (Å²) in [6, 6.07) is 22.3. The van der Waals surface area contributed by atoms with Gasteiger partial charge < -0.3 is 10.2 Å². The van der Waals surface area contributed by atoms with Gasteiger partial charge in [-0.2, -0.15) is 4.72 Å². The first-order valence-electron chi connectivity index (χ1n) is 13.0. The maximum Gasteiger partial charge on any atom is 0.272 e. The number of anilines is 1. The summed E-state index contributed by atoms with van der Waals surface area (Å²) in [6.07, 6.45) is -0.219. The Morgan fingerprint density at radius 1 is 0.974 bits per heavy atom. The van der Waals surface area contributed by atoms with Crippen LogP contribution in [-0.4, -0.2) is 45.2 Å². The first-order valence-corrected chi connectivity index (χ1v) is 14.5. The minimum Gasteiger partial charge on any atom is -0.325 e. The van der Waals surface area contributed by atoms with Gasteiger partial charge in [-0.1, -0.05) is 81.4 Å². The second-order valence-electron chi connectivity index (χ2n) is 9.97. The monoisotopic (exact) mass is 546 g/mol. The summed E-state index contributed by atoms with van der Waals surface area (Å²) in [7, 11) is -2.35. The van der Waals surface area contributed by atoms with E-state index >= 15 is 0 Å². The van der Waals surface area contributed by atoms with Gasteiger partial charge in [-0.25, -0.2) is 13.4 Å². The highest BCUT2D eigenvalue weighted by atomic mass is 32.2. The molecule has 0 aromatic heterocycles. The summed E-state index contributed by atoms with van der Waals surface area (Å²) in [5.41, 5.74) is 3.78. The number of likely N-dealkylation sites (N-methyl/N-ethyl adjacent to an activating group) is 1. The molecule has 0 bridgehead atoms. The molecule has 9 heteroatoms. The molecule has 0 saturated carbocycles. The molecule has 2 unspecified atom stereocenters. The fourth-order valence-corrected chi connectivity index (χ4v) is 5.73. The molecule has 0 aliphatic carbocycles. The van der Waals surface area contributed by atoms with E-state index in [1.807, 2.05) is 75.4 Å². The van der Waals surface area contributed by atoms with Crippen LogP contribution in [0.1, 0.15) is 43.9 Å². The predicted octanol–water partition coefficient (Wildman–Crippen LogP) is 3.90. The van der Waals surface area contributed by atoms with Crippen molar-refractivity contribution in [2.45, 2.75) is 50.7 Å². The fraction of sp³-hybridized carbons (Fsp3) is 0.300. The molecule has 1 heterocycles. The minimum absolute atomic E-state index is 0.00561. The molecule has 4 rings (SSSR count). The van der Waals surface area contributed by atoms with Crippen LogP contribution in [0.2, 0.25) is 0 Å². The summed E-state index contributed by atoms with van der Waals surface area (Å²) in [4.78, 5) is 33.3. The summed E-state index contributed by atoms with van der Waals surface area (Å²) >= 11 is 0. The summed E-state index contributed by atoms with van der Waals surface area (Å²) in [6.45, 7) is 5.79. The molecule has 0 spiro atoms. The van der Waals surface area contributed by atoms with Crippen molar-refractivity contribution in [3.05, 3.63) is 95.6 Å². The average molecular weight is 547 g/mol. The van der Waals surface area contributed by atoms with Crippen LogP contribution in [0, 0.1) is 5.92 Å². The van der Waals surface area contributed by atoms with E-state index in [0.29, 0.717) is 11.4 Å². The number of carbonyl (C=O) groups is 2. The zero-order chi connectivity index (χ0) is 28.2. The van der Waals surface area contributed by atoms with Crippen LogP contribution >= 0.6 is 0 Å². The molecular weight excluding hydrogens is 512 g/mol. The number of amides is 2. The number of carbonyl (C=O) groups excluding carboxylic acids is 2. The predicted molar refractivity (Wildman–Crippen MR) is 153 cm³/mol. The average Bonchev–Trinajstić information content (AvgIpc) is 3.03. The van der Waals surface area contributed by atoms with Gasteiger partial charge in [0.2, 0.25) is 22.1 Å². The van der Waals surface area contributed by atoms with Crippen LogP contribution in [0.5, 0.6) is 0 Å². The van der Waals surface area contributed by atoms with E-state index in [1.54, 1.807) is 19.2 Å². The number of nitrogens with one attached hydrogen (secondary N) is 2. The van der Waals surface area contributed by atoms with Gasteiger partial charge in [0.05, 0.1) is 16.3 Å². The SMILES string of the molecule is CCc1ccc(S(=O)(=O)NC(CC(C)C)C(=O)NC2N=C(c3ccccc3)c3ccccc3N(C)C2=O)cc1. The highest BCUT2D eigenvalue weighted by Crippen LogP contribution is 2.27. The van der Waals surface area contributed by atoms with Gasteiger partial charge in [-0.05, 0) is 42.5 Å². The van der Waals surface area contributed by atoms with E-state index in [4.69, 9.17) is 4.99 Å². The van der Waals surface area contributed by atoms with E-state index in [-0.39, 0.29) is 17.2 Å². The minimum atomic E-state index is -3.99. The van der Waals surface area contributed by atoms with Gasteiger partial charge in [0.25, 0.3) is 5.91 Å². The Morgan fingerprint density at radius 2 is 1.62 bits per heavy atom. The highest BCUT2D eigenvalue weighted by Gasteiger charge is 2.34. The molecule has 2 N–H and O–H groups in total. The van der Waals surface area contributed by atoms with E-state index in [2.05, 4.69) is 10.0 Å². The van der Waals surface area contributed by atoms with Crippen molar-refractivity contribution in [1.29, 1.82) is 0 Å². The molecule has 3 aromatic rings. The Kier molecular flexibility index (Phi) is 8.62. The smallest absolute Gasteiger partial charge is 0.272 e. The van der Waals surface area contributed by atoms with E-state index in [0.717, 1.165) is 23.1 Å². The normalized spacial score (nSPS) is 16.3. The van der Waals surface area contributed by atoms with Gasteiger partial charge in [0, 0.05) is 18.2 Å². The van der Waals surface area contributed by atoms with Crippen molar-refractivity contribution in [2.24, 2.45) is 10.9 Å². The van der Waals surface area contributed by atoms with Crippen LogP contribution in [-0.2, 0) is 26.0 Å². The second kappa shape index (κ2) is 11.9. The molecule has 39 heavy (non-hydrogen) atoms. The largest absolute Gasteiger partial charge is 0.325 e. The van der Waals surface area contributed by atoms with Crippen molar-refractivity contribution in [2.75, 3.05) is 11.9 Å². The third-order valence-corrected chi connectivity index (χ3v) is 8.12. The van der Waals surface area contributed by atoms with Gasteiger partial charge in [0.1, 0.15) is 6.04 Å². The molecule has 0 fully saturated rings. The molecule has 2 amide bonds. The van der Waals surface area contributed by atoms with Crippen LogP contribution in [0.4, 0.5) is 5.69 Å². The molecule has 3 aromatic carbocycles. The Hall–Kier alpha value is -3.82. The van der Waals surface area contributed by atoms with Gasteiger partial charge >= 0.3 is 0 Å². The summed E-state index contributed by atoms with van der Waals surface area (Å²) in [5.74, 6) is -1.04. The van der Waals surface area contributed by atoms with Crippen molar-refractivity contribution in [3.8, 4) is 0 Å². The second-order valence-corrected chi connectivity index (χ2v) is 11.7. The van der Waals surface area contributed by atoms with Crippen molar-refractivity contribution < 1.29 is 18.0 Å². The third-order valence-electron chi connectivity index (χ3n) is 6.63. The maximum absolute atomic E-state index is 13.6. The molecule has 2 atom stereocenters. The lowest BCUT2D eigenvalue weighted by atomic mass is 10.0. The third kappa shape index (κ3) is 6.43. The number of benzodiazepines with no additional fused rings is 1. The van der Waals surface area contributed by atoms with E-state index < -0.39 is 34.0 Å². The molecule has 0 saturated heterocycles.